The standard InChI is InChI=1S/C11H8BrF4NO2/c12-7-2-1-6(11(14,15)16)9(13)8(7)10(18)17-5-3-19-4-5/h1-2,5H,3-4H2,(H,17,18). The van der Waals surface area contributed by atoms with E-state index in [1.54, 1.807) is 0 Å². The van der Waals surface area contributed by atoms with Crippen molar-refractivity contribution in [3.05, 3.63) is 33.5 Å². The molecule has 1 saturated heterocycles. The average molecular weight is 342 g/mol. The number of hydrogen-bond acceptors (Lipinski definition) is 2. The second kappa shape index (κ2) is 5.09. The summed E-state index contributed by atoms with van der Waals surface area (Å²) >= 11 is 2.88. The summed E-state index contributed by atoms with van der Waals surface area (Å²) < 4.78 is 56.3. The normalized spacial score (nSPS) is 16.1. The summed E-state index contributed by atoms with van der Waals surface area (Å²) in [5.41, 5.74) is -2.12. The highest BCUT2D eigenvalue weighted by Crippen LogP contribution is 2.34. The molecule has 1 aliphatic heterocycles. The lowest BCUT2D eigenvalue weighted by molar-refractivity contribution is -0.140. The Morgan fingerprint density at radius 2 is 2.00 bits per heavy atom. The summed E-state index contributed by atoms with van der Waals surface area (Å²) in [6.45, 7) is 0.536. The van der Waals surface area contributed by atoms with Gasteiger partial charge < -0.3 is 10.1 Å². The molecule has 104 valence electrons. The fourth-order valence-electron chi connectivity index (χ4n) is 1.56. The number of carbonyl (C=O) groups is 1. The molecule has 0 saturated carbocycles. The topological polar surface area (TPSA) is 38.3 Å². The quantitative estimate of drug-likeness (QED) is 0.840. The van der Waals surface area contributed by atoms with Crippen LogP contribution in [0.15, 0.2) is 16.6 Å². The minimum absolute atomic E-state index is 0.0317. The minimum Gasteiger partial charge on any atom is -0.377 e. The third-order valence-corrected chi connectivity index (χ3v) is 3.26. The lowest BCUT2D eigenvalue weighted by Gasteiger charge is -2.27. The maximum atomic E-state index is 13.8. The first kappa shape index (κ1) is 14.3. The minimum atomic E-state index is -4.85. The van der Waals surface area contributed by atoms with E-state index in [2.05, 4.69) is 21.2 Å². The summed E-state index contributed by atoms with van der Waals surface area (Å²) in [4.78, 5) is 11.8. The predicted octanol–water partition coefficient (Wildman–Crippen LogP) is 2.74. The highest BCUT2D eigenvalue weighted by molar-refractivity contribution is 9.10. The van der Waals surface area contributed by atoms with Crippen molar-refractivity contribution in [3.63, 3.8) is 0 Å². The Hall–Kier alpha value is -1.15. The van der Waals surface area contributed by atoms with Gasteiger partial charge in [-0.2, -0.15) is 13.2 Å². The van der Waals surface area contributed by atoms with Gasteiger partial charge in [0.15, 0.2) is 0 Å². The number of alkyl halides is 3. The van der Waals surface area contributed by atoms with E-state index in [-0.39, 0.29) is 23.7 Å². The van der Waals surface area contributed by atoms with E-state index < -0.39 is 29.0 Å². The number of hydrogen-bond donors (Lipinski definition) is 1. The van der Waals surface area contributed by atoms with Gasteiger partial charge in [-0.15, -0.1) is 0 Å². The summed E-state index contributed by atoms with van der Waals surface area (Å²) in [6.07, 6.45) is -4.85. The smallest absolute Gasteiger partial charge is 0.377 e. The van der Waals surface area contributed by atoms with E-state index in [1.807, 2.05) is 0 Å². The number of halogens is 5. The molecule has 1 aliphatic rings. The van der Waals surface area contributed by atoms with Gasteiger partial charge in [0, 0.05) is 4.47 Å². The van der Waals surface area contributed by atoms with Crippen molar-refractivity contribution in [2.24, 2.45) is 0 Å². The zero-order valence-corrected chi connectivity index (χ0v) is 10.9. The Bertz CT molecular complexity index is 514. The van der Waals surface area contributed by atoms with Crippen LogP contribution >= 0.6 is 15.9 Å². The molecule has 1 fully saturated rings. The fraction of sp³-hybridized carbons (Fsp3) is 0.364. The van der Waals surface area contributed by atoms with Crippen molar-refractivity contribution in [2.75, 3.05) is 13.2 Å². The molecule has 19 heavy (non-hydrogen) atoms. The largest absolute Gasteiger partial charge is 0.419 e. The molecule has 3 nitrogen and oxygen atoms in total. The molecular weight excluding hydrogens is 334 g/mol. The third-order valence-electron chi connectivity index (χ3n) is 2.60. The van der Waals surface area contributed by atoms with Crippen molar-refractivity contribution in [1.82, 2.24) is 5.32 Å². The van der Waals surface area contributed by atoms with Crippen molar-refractivity contribution < 1.29 is 27.1 Å². The SMILES string of the molecule is O=C(NC1COC1)c1c(Br)ccc(C(F)(F)F)c1F. The third kappa shape index (κ3) is 2.89. The van der Waals surface area contributed by atoms with Gasteiger partial charge in [0.25, 0.3) is 5.91 Å². The van der Waals surface area contributed by atoms with Gasteiger partial charge in [-0.3, -0.25) is 4.79 Å². The van der Waals surface area contributed by atoms with Gasteiger partial charge in [-0.05, 0) is 28.1 Å². The molecule has 1 aromatic carbocycles. The lowest BCUT2D eigenvalue weighted by Crippen LogP contribution is -2.48. The van der Waals surface area contributed by atoms with Crippen LogP contribution in [0.4, 0.5) is 17.6 Å². The fourth-order valence-corrected chi connectivity index (χ4v) is 2.04. The Kier molecular flexibility index (Phi) is 3.82. The first-order valence-corrected chi connectivity index (χ1v) is 6.04. The molecule has 0 unspecified atom stereocenters. The number of amides is 1. The highest BCUT2D eigenvalue weighted by atomic mass is 79.9. The Labute approximate surface area is 114 Å². The monoisotopic (exact) mass is 341 g/mol. The van der Waals surface area contributed by atoms with Gasteiger partial charge in [0.1, 0.15) is 5.82 Å². The van der Waals surface area contributed by atoms with Gasteiger partial charge in [0.05, 0.1) is 30.4 Å². The molecule has 2 rings (SSSR count). The average Bonchev–Trinajstić information content (AvgIpc) is 2.21. The van der Waals surface area contributed by atoms with Crippen LogP contribution in [0, 0.1) is 5.82 Å². The molecule has 0 aliphatic carbocycles. The van der Waals surface area contributed by atoms with Crippen LogP contribution in [-0.2, 0) is 10.9 Å². The van der Waals surface area contributed by atoms with Gasteiger partial charge >= 0.3 is 6.18 Å². The second-order valence-electron chi connectivity index (χ2n) is 3.99. The molecule has 0 radical (unpaired) electrons. The van der Waals surface area contributed by atoms with E-state index in [9.17, 15) is 22.4 Å². The highest BCUT2D eigenvalue weighted by Gasteiger charge is 2.37. The van der Waals surface area contributed by atoms with Crippen LogP contribution in [0.25, 0.3) is 0 Å². The first-order valence-electron chi connectivity index (χ1n) is 5.24. The molecule has 0 atom stereocenters. The molecule has 0 aromatic heterocycles. The summed E-state index contributed by atoms with van der Waals surface area (Å²) in [5, 5.41) is 2.39. The van der Waals surface area contributed by atoms with Gasteiger partial charge in [-0.1, -0.05) is 0 Å². The molecule has 1 aromatic rings. The molecule has 8 heteroatoms. The van der Waals surface area contributed by atoms with E-state index >= 15 is 0 Å². The van der Waals surface area contributed by atoms with E-state index in [0.717, 1.165) is 6.07 Å². The van der Waals surface area contributed by atoms with Crippen LogP contribution in [0.3, 0.4) is 0 Å². The zero-order chi connectivity index (χ0) is 14.2. The van der Waals surface area contributed by atoms with E-state index in [1.165, 1.54) is 0 Å². The number of nitrogens with one attached hydrogen (secondary N) is 1. The van der Waals surface area contributed by atoms with Crippen molar-refractivity contribution in [1.29, 1.82) is 0 Å². The maximum Gasteiger partial charge on any atom is 0.419 e. The summed E-state index contributed by atoms with van der Waals surface area (Å²) in [6, 6.07) is 1.29. The molecule has 0 bridgehead atoms. The molecule has 1 N–H and O–H groups in total. The molecule has 0 spiro atoms. The number of benzene rings is 1. The number of carbonyl (C=O) groups excluding carboxylic acids is 1. The second-order valence-corrected chi connectivity index (χ2v) is 4.84. The number of ether oxygens (including phenoxy) is 1. The van der Waals surface area contributed by atoms with Crippen LogP contribution in [0.2, 0.25) is 0 Å². The van der Waals surface area contributed by atoms with Crippen molar-refractivity contribution >= 4 is 21.8 Å². The van der Waals surface area contributed by atoms with Crippen molar-refractivity contribution in [2.45, 2.75) is 12.2 Å². The number of rotatable bonds is 2. The lowest BCUT2D eigenvalue weighted by atomic mass is 10.1. The van der Waals surface area contributed by atoms with Crippen LogP contribution in [0.1, 0.15) is 15.9 Å². The van der Waals surface area contributed by atoms with Crippen LogP contribution < -0.4 is 5.32 Å². The van der Waals surface area contributed by atoms with E-state index in [0.29, 0.717) is 6.07 Å². The zero-order valence-electron chi connectivity index (χ0n) is 9.35. The summed E-state index contributed by atoms with van der Waals surface area (Å²) in [5.74, 6) is -2.48. The molecular formula is C11H8BrF4NO2. The van der Waals surface area contributed by atoms with Gasteiger partial charge in [-0.25, -0.2) is 4.39 Å². The molecule has 1 heterocycles. The molecule has 1 amide bonds. The Morgan fingerprint density at radius 1 is 1.37 bits per heavy atom. The van der Waals surface area contributed by atoms with Gasteiger partial charge in [0.2, 0.25) is 0 Å². The van der Waals surface area contributed by atoms with Crippen molar-refractivity contribution in [3.8, 4) is 0 Å². The predicted molar refractivity (Wildman–Crippen MR) is 61.2 cm³/mol. The van der Waals surface area contributed by atoms with Crippen LogP contribution in [0.5, 0.6) is 0 Å². The summed E-state index contributed by atoms with van der Waals surface area (Å²) in [7, 11) is 0. The van der Waals surface area contributed by atoms with Crippen LogP contribution in [-0.4, -0.2) is 25.2 Å². The first-order chi connectivity index (χ1) is 8.80. The Morgan fingerprint density at radius 3 is 2.47 bits per heavy atom. The Balaban J connectivity index is 2.35. The maximum absolute atomic E-state index is 13.8. The van der Waals surface area contributed by atoms with E-state index in [4.69, 9.17) is 4.74 Å².